The van der Waals surface area contributed by atoms with E-state index in [4.69, 9.17) is 10.5 Å². The molecule has 1 aromatic carbocycles. The topological polar surface area (TPSA) is 55.6 Å². The van der Waals surface area contributed by atoms with Gasteiger partial charge in [0.15, 0.2) is 0 Å². The van der Waals surface area contributed by atoms with E-state index < -0.39 is 5.54 Å². The van der Waals surface area contributed by atoms with Gasteiger partial charge in [-0.05, 0) is 24.6 Å². The van der Waals surface area contributed by atoms with Gasteiger partial charge in [0.25, 0.3) is 0 Å². The lowest BCUT2D eigenvalue weighted by atomic mass is 9.95. The molecular formula is C13H18N2O2. The number of rotatable bonds is 3. The second kappa shape index (κ2) is 4.85. The van der Waals surface area contributed by atoms with Gasteiger partial charge in [-0.1, -0.05) is 12.1 Å². The van der Waals surface area contributed by atoms with E-state index in [1.54, 1.807) is 6.92 Å². The van der Waals surface area contributed by atoms with E-state index in [0.29, 0.717) is 0 Å². The van der Waals surface area contributed by atoms with Crippen LogP contribution in [0.1, 0.15) is 12.5 Å². The summed E-state index contributed by atoms with van der Waals surface area (Å²) >= 11 is 0. The highest BCUT2D eigenvalue weighted by molar-refractivity contribution is 5.67. The van der Waals surface area contributed by atoms with Crippen molar-refractivity contribution in [1.82, 2.24) is 0 Å². The van der Waals surface area contributed by atoms with Gasteiger partial charge in [-0.25, -0.2) is 0 Å². The number of nitrogens with two attached hydrogens (primary N) is 1. The molecule has 17 heavy (non-hydrogen) atoms. The number of ether oxygens (including phenoxy) is 1. The predicted molar refractivity (Wildman–Crippen MR) is 67.1 cm³/mol. The zero-order chi connectivity index (χ0) is 12.3. The van der Waals surface area contributed by atoms with Crippen LogP contribution in [0, 0.1) is 0 Å². The van der Waals surface area contributed by atoms with E-state index in [2.05, 4.69) is 4.90 Å². The number of carbonyl (C=O) groups is 1. The van der Waals surface area contributed by atoms with Gasteiger partial charge < -0.3 is 20.2 Å². The van der Waals surface area contributed by atoms with Crippen molar-refractivity contribution in [3.05, 3.63) is 29.8 Å². The van der Waals surface area contributed by atoms with Gasteiger partial charge in [0, 0.05) is 18.8 Å². The van der Waals surface area contributed by atoms with Crippen LogP contribution in [0.25, 0.3) is 0 Å². The standard InChI is InChI=1S/C13H18N2O2/c1-13(14,10-16)11-2-4-12(5-3-11)15-6-8-17-9-7-15/h2-5,10H,6-9,14H2,1H3. The number of nitrogens with zero attached hydrogens (tertiary/aromatic N) is 1. The highest BCUT2D eigenvalue weighted by atomic mass is 16.5. The molecule has 4 heteroatoms. The Labute approximate surface area is 101 Å². The molecule has 1 aliphatic heterocycles. The van der Waals surface area contributed by atoms with Crippen LogP contribution in [0.5, 0.6) is 0 Å². The molecule has 0 saturated carbocycles. The van der Waals surface area contributed by atoms with Crippen LogP contribution in [0.4, 0.5) is 5.69 Å². The van der Waals surface area contributed by atoms with Crippen LogP contribution >= 0.6 is 0 Å². The summed E-state index contributed by atoms with van der Waals surface area (Å²) in [6, 6.07) is 7.85. The summed E-state index contributed by atoms with van der Waals surface area (Å²) in [5, 5.41) is 0. The van der Waals surface area contributed by atoms with Crippen LogP contribution in [-0.2, 0) is 15.1 Å². The molecule has 1 aliphatic rings. The lowest BCUT2D eigenvalue weighted by molar-refractivity contribution is -0.112. The Morgan fingerprint density at radius 2 is 1.88 bits per heavy atom. The molecule has 2 rings (SSSR count). The molecule has 0 aliphatic carbocycles. The second-order valence-corrected chi connectivity index (χ2v) is 4.55. The summed E-state index contributed by atoms with van der Waals surface area (Å²) in [7, 11) is 0. The maximum Gasteiger partial charge on any atom is 0.144 e. The monoisotopic (exact) mass is 234 g/mol. The van der Waals surface area contributed by atoms with E-state index in [1.165, 1.54) is 0 Å². The summed E-state index contributed by atoms with van der Waals surface area (Å²) in [6.07, 6.45) is 0.775. The molecular weight excluding hydrogens is 216 g/mol. The third-order valence-electron chi connectivity index (χ3n) is 3.11. The van der Waals surface area contributed by atoms with Crippen molar-refractivity contribution in [3.8, 4) is 0 Å². The van der Waals surface area contributed by atoms with Crippen LogP contribution in [0.3, 0.4) is 0 Å². The first-order valence-corrected chi connectivity index (χ1v) is 5.82. The first-order chi connectivity index (χ1) is 8.13. The van der Waals surface area contributed by atoms with Crippen molar-refractivity contribution in [2.75, 3.05) is 31.2 Å². The molecule has 0 amide bonds. The van der Waals surface area contributed by atoms with Crippen molar-refractivity contribution in [2.45, 2.75) is 12.5 Å². The minimum absolute atomic E-state index is 0.769. The predicted octanol–water partition coefficient (Wildman–Crippen LogP) is 0.896. The van der Waals surface area contributed by atoms with Crippen molar-refractivity contribution in [2.24, 2.45) is 5.73 Å². The summed E-state index contributed by atoms with van der Waals surface area (Å²) in [4.78, 5) is 13.1. The summed E-state index contributed by atoms with van der Waals surface area (Å²) in [5.41, 5.74) is 6.95. The van der Waals surface area contributed by atoms with E-state index in [0.717, 1.165) is 43.8 Å². The Morgan fingerprint density at radius 3 is 2.41 bits per heavy atom. The Kier molecular flexibility index (Phi) is 3.45. The third-order valence-corrected chi connectivity index (χ3v) is 3.11. The SMILES string of the molecule is CC(N)(C=O)c1ccc(N2CCOCC2)cc1. The molecule has 1 saturated heterocycles. The lowest BCUT2D eigenvalue weighted by Gasteiger charge is -2.29. The second-order valence-electron chi connectivity index (χ2n) is 4.55. The van der Waals surface area contributed by atoms with Gasteiger partial charge in [-0.2, -0.15) is 0 Å². The average molecular weight is 234 g/mol. The number of hydrogen-bond donors (Lipinski definition) is 1. The van der Waals surface area contributed by atoms with Crippen LogP contribution in [0.2, 0.25) is 0 Å². The molecule has 0 spiro atoms. The molecule has 1 atom stereocenters. The molecule has 1 aromatic rings. The molecule has 2 N–H and O–H groups in total. The number of carbonyl (C=O) groups excluding carboxylic acids is 1. The molecule has 1 fully saturated rings. The Hall–Kier alpha value is -1.39. The van der Waals surface area contributed by atoms with Crippen molar-refractivity contribution in [1.29, 1.82) is 0 Å². The van der Waals surface area contributed by atoms with E-state index >= 15 is 0 Å². The smallest absolute Gasteiger partial charge is 0.144 e. The minimum atomic E-state index is -0.899. The van der Waals surface area contributed by atoms with Crippen LogP contribution in [0.15, 0.2) is 24.3 Å². The largest absolute Gasteiger partial charge is 0.378 e. The van der Waals surface area contributed by atoms with Gasteiger partial charge in [0.05, 0.1) is 18.8 Å². The molecule has 0 aromatic heterocycles. The maximum atomic E-state index is 10.9. The molecule has 1 unspecified atom stereocenters. The Morgan fingerprint density at radius 1 is 1.29 bits per heavy atom. The number of anilines is 1. The summed E-state index contributed by atoms with van der Waals surface area (Å²) < 4.78 is 5.31. The number of hydrogen-bond acceptors (Lipinski definition) is 4. The van der Waals surface area contributed by atoms with Gasteiger partial charge in [-0.15, -0.1) is 0 Å². The Balaban J connectivity index is 2.15. The fourth-order valence-electron chi connectivity index (χ4n) is 1.92. The highest BCUT2D eigenvalue weighted by Gasteiger charge is 2.20. The van der Waals surface area contributed by atoms with Gasteiger partial charge in [-0.3, -0.25) is 0 Å². The average Bonchev–Trinajstić information content (AvgIpc) is 2.40. The zero-order valence-electron chi connectivity index (χ0n) is 10.1. The zero-order valence-corrected chi connectivity index (χ0v) is 10.1. The van der Waals surface area contributed by atoms with E-state index in [1.807, 2.05) is 24.3 Å². The van der Waals surface area contributed by atoms with E-state index in [9.17, 15) is 4.79 Å². The highest BCUT2D eigenvalue weighted by Crippen LogP contribution is 2.21. The quantitative estimate of drug-likeness (QED) is 0.789. The van der Waals surface area contributed by atoms with Crippen LogP contribution in [-0.4, -0.2) is 32.6 Å². The molecule has 0 bridgehead atoms. The van der Waals surface area contributed by atoms with Crippen molar-refractivity contribution >= 4 is 12.0 Å². The van der Waals surface area contributed by atoms with Gasteiger partial charge >= 0.3 is 0 Å². The van der Waals surface area contributed by atoms with Gasteiger partial charge in [0.1, 0.15) is 6.29 Å². The number of aldehydes is 1. The minimum Gasteiger partial charge on any atom is -0.378 e. The molecule has 1 heterocycles. The Bertz CT molecular complexity index is 381. The van der Waals surface area contributed by atoms with Crippen LogP contribution < -0.4 is 10.6 Å². The fraction of sp³-hybridized carbons (Fsp3) is 0.462. The summed E-state index contributed by atoms with van der Waals surface area (Å²) in [6.45, 7) is 5.07. The third kappa shape index (κ3) is 2.65. The van der Waals surface area contributed by atoms with Crippen molar-refractivity contribution < 1.29 is 9.53 Å². The molecule has 92 valence electrons. The van der Waals surface area contributed by atoms with E-state index in [-0.39, 0.29) is 0 Å². The normalized spacial score (nSPS) is 19.8. The lowest BCUT2D eigenvalue weighted by Crippen LogP contribution is -2.37. The van der Waals surface area contributed by atoms with Crippen molar-refractivity contribution in [3.63, 3.8) is 0 Å². The molecule has 0 radical (unpaired) electrons. The first-order valence-electron chi connectivity index (χ1n) is 5.82. The maximum absolute atomic E-state index is 10.9. The summed E-state index contributed by atoms with van der Waals surface area (Å²) in [5.74, 6) is 0. The number of morpholine rings is 1. The molecule has 4 nitrogen and oxygen atoms in total. The number of benzene rings is 1. The first kappa shape index (κ1) is 12.1. The van der Waals surface area contributed by atoms with Gasteiger partial charge in [0.2, 0.25) is 0 Å². The fourth-order valence-corrected chi connectivity index (χ4v) is 1.92.